The van der Waals surface area contributed by atoms with Crippen molar-refractivity contribution >= 4 is 35.0 Å². The minimum atomic E-state index is -4.55. The predicted molar refractivity (Wildman–Crippen MR) is 149 cm³/mol. The van der Waals surface area contributed by atoms with Gasteiger partial charge in [0.05, 0.1) is 16.8 Å². The van der Waals surface area contributed by atoms with Gasteiger partial charge in [0, 0.05) is 60.4 Å². The summed E-state index contributed by atoms with van der Waals surface area (Å²) in [6.07, 6.45) is -0.798. The number of halogens is 3. The van der Waals surface area contributed by atoms with E-state index < -0.39 is 23.6 Å². The zero-order chi connectivity index (χ0) is 29.4. The van der Waals surface area contributed by atoms with E-state index in [4.69, 9.17) is 5.11 Å². The van der Waals surface area contributed by atoms with Gasteiger partial charge in [-0.05, 0) is 61.0 Å². The van der Waals surface area contributed by atoms with Crippen LogP contribution in [0.25, 0.3) is 11.3 Å². The lowest BCUT2D eigenvalue weighted by atomic mass is 10.1. The van der Waals surface area contributed by atoms with Crippen LogP contribution in [0.15, 0.2) is 73.1 Å². The van der Waals surface area contributed by atoms with Gasteiger partial charge >= 0.3 is 12.1 Å². The molecule has 1 aromatic carbocycles. The highest BCUT2D eigenvalue weighted by Gasteiger charge is 2.38. The molecule has 2 aliphatic rings. The number of fused-ring (bicyclic) bond motifs is 2. The molecule has 42 heavy (non-hydrogen) atoms. The van der Waals surface area contributed by atoms with Crippen molar-refractivity contribution in [2.75, 3.05) is 28.6 Å². The summed E-state index contributed by atoms with van der Waals surface area (Å²) in [7, 11) is 0. The molecule has 6 rings (SSSR count). The van der Waals surface area contributed by atoms with Crippen molar-refractivity contribution < 1.29 is 27.9 Å². The van der Waals surface area contributed by atoms with Crippen LogP contribution in [-0.2, 0) is 6.18 Å². The predicted octanol–water partition coefficient (Wildman–Crippen LogP) is 4.80. The van der Waals surface area contributed by atoms with E-state index in [2.05, 4.69) is 35.8 Å². The lowest BCUT2D eigenvalue weighted by molar-refractivity contribution is -0.137. The maximum Gasteiger partial charge on any atom is 0.416 e. The highest BCUT2D eigenvalue weighted by atomic mass is 19.4. The van der Waals surface area contributed by atoms with E-state index in [0.717, 1.165) is 43.7 Å². The third-order valence-electron chi connectivity index (χ3n) is 7.21. The average molecular weight is 576 g/mol. The Morgan fingerprint density at radius 3 is 2.40 bits per heavy atom. The monoisotopic (exact) mass is 575 g/mol. The molecule has 5 heterocycles. The molecular formula is C29H24F3N7O3. The van der Waals surface area contributed by atoms with Crippen molar-refractivity contribution in [2.45, 2.75) is 24.7 Å². The van der Waals surface area contributed by atoms with E-state index in [9.17, 15) is 22.8 Å². The number of carbonyl (C=O) groups is 2. The zero-order valence-corrected chi connectivity index (χ0v) is 21.9. The topological polar surface area (TPSA) is 132 Å². The van der Waals surface area contributed by atoms with Crippen molar-refractivity contribution in [3.8, 4) is 11.3 Å². The van der Waals surface area contributed by atoms with Gasteiger partial charge in [-0.1, -0.05) is 0 Å². The van der Waals surface area contributed by atoms with Crippen LogP contribution < -0.4 is 20.9 Å². The number of aromatic carboxylic acids is 1. The van der Waals surface area contributed by atoms with E-state index in [-0.39, 0.29) is 22.8 Å². The number of nitrogens with one attached hydrogen (secondary N) is 3. The molecule has 4 N–H and O–H groups in total. The second-order valence-electron chi connectivity index (χ2n) is 10.1. The molecule has 2 fully saturated rings. The lowest BCUT2D eigenvalue weighted by Crippen LogP contribution is -2.43. The summed E-state index contributed by atoms with van der Waals surface area (Å²) in [4.78, 5) is 39.6. The van der Waals surface area contributed by atoms with Gasteiger partial charge in [-0.3, -0.25) is 4.79 Å². The smallest absolute Gasteiger partial charge is 0.416 e. The number of carboxylic acids is 1. The van der Waals surface area contributed by atoms with Crippen molar-refractivity contribution in [3.63, 3.8) is 0 Å². The fourth-order valence-corrected chi connectivity index (χ4v) is 5.16. The maximum atomic E-state index is 13.3. The van der Waals surface area contributed by atoms with Gasteiger partial charge < -0.3 is 26.0 Å². The number of hydrogen-bond acceptors (Lipinski definition) is 8. The molecule has 0 spiro atoms. The molecule has 1 amide bonds. The van der Waals surface area contributed by atoms with E-state index >= 15 is 0 Å². The number of nitrogens with zero attached hydrogens (tertiary/aromatic N) is 4. The largest absolute Gasteiger partial charge is 0.478 e. The summed E-state index contributed by atoms with van der Waals surface area (Å²) < 4.78 is 39.9. The van der Waals surface area contributed by atoms with E-state index in [1.54, 1.807) is 18.3 Å². The lowest BCUT2D eigenvalue weighted by Gasteiger charge is -2.28. The number of alkyl halides is 3. The van der Waals surface area contributed by atoms with Crippen LogP contribution in [0.1, 0.15) is 32.7 Å². The Morgan fingerprint density at radius 2 is 1.71 bits per heavy atom. The van der Waals surface area contributed by atoms with E-state index in [1.807, 2.05) is 6.07 Å². The Morgan fingerprint density at radius 1 is 0.952 bits per heavy atom. The van der Waals surface area contributed by atoms with Crippen LogP contribution in [0.4, 0.5) is 36.3 Å². The number of rotatable bonds is 7. The standard InChI is InChI=1S/C29H24F3N7O3/c30-29(31,32)19-6-8-33-24(10-19)38-25-13-20(36-27(40)16-1-3-17(4-2-16)28(41)42)12-23(37-25)18-5-7-34-26(9-18)39-15-21-11-22(39)14-35-21/h1-10,12-13,21-22,35H,11,14-15H2,(H,41,42)(H2,33,36,37,38,40)/t21-,22-/m0/s1. The molecule has 0 saturated carbocycles. The molecule has 2 saturated heterocycles. The van der Waals surface area contributed by atoms with Crippen LogP contribution in [0.2, 0.25) is 0 Å². The Kier molecular flexibility index (Phi) is 6.94. The molecule has 4 aromatic rings. The highest BCUT2D eigenvalue weighted by Crippen LogP contribution is 2.33. The second-order valence-corrected chi connectivity index (χ2v) is 10.1. The van der Waals surface area contributed by atoms with Crippen molar-refractivity contribution in [2.24, 2.45) is 0 Å². The van der Waals surface area contributed by atoms with Crippen LogP contribution in [-0.4, -0.2) is 57.1 Å². The summed E-state index contributed by atoms with van der Waals surface area (Å²) in [5.41, 5.74) is 0.823. The van der Waals surface area contributed by atoms with Crippen LogP contribution >= 0.6 is 0 Å². The number of amides is 1. The van der Waals surface area contributed by atoms with Gasteiger partial charge in [0.25, 0.3) is 5.91 Å². The first-order valence-electron chi connectivity index (χ1n) is 13.1. The molecule has 13 heteroatoms. The van der Waals surface area contributed by atoms with E-state index in [0.29, 0.717) is 29.0 Å². The first-order chi connectivity index (χ1) is 20.1. The maximum absolute atomic E-state index is 13.3. The number of piperazine rings is 1. The van der Waals surface area contributed by atoms with E-state index in [1.165, 1.54) is 30.3 Å². The third-order valence-corrected chi connectivity index (χ3v) is 7.21. The van der Waals surface area contributed by atoms with Crippen LogP contribution in [0, 0.1) is 0 Å². The highest BCUT2D eigenvalue weighted by molar-refractivity contribution is 6.05. The molecule has 3 aromatic heterocycles. The summed E-state index contributed by atoms with van der Waals surface area (Å²) >= 11 is 0. The minimum absolute atomic E-state index is 0.0355. The average Bonchev–Trinajstić information content (AvgIpc) is 3.61. The number of carbonyl (C=O) groups excluding carboxylic acids is 1. The van der Waals surface area contributed by atoms with Gasteiger partial charge in [0.1, 0.15) is 17.5 Å². The second kappa shape index (κ2) is 10.7. The SMILES string of the molecule is O=C(O)c1ccc(C(=O)Nc2cc(Nc3cc(C(F)(F)F)ccn3)nc(-c3ccnc(N4C[C@@H]5C[C@H]4CN5)c3)c2)cc1. The summed E-state index contributed by atoms with van der Waals surface area (Å²) in [5.74, 6) is -0.770. The quantitative estimate of drug-likeness (QED) is 0.245. The number of aromatic nitrogens is 3. The number of anilines is 4. The van der Waals surface area contributed by atoms with Crippen molar-refractivity contribution in [3.05, 3.63) is 89.7 Å². The zero-order valence-electron chi connectivity index (χ0n) is 21.9. The Labute approximate surface area is 237 Å². The number of pyridine rings is 3. The molecule has 2 aliphatic heterocycles. The summed E-state index contributed by atoms with van der Waals surface area (Å²) in [5, 5.41) is 18.2. The molecule has 0 radical (unpaired) electrons. The minimum Gasteiger partial charge on any atom is -0.478 e. The summed E-state index contributed by atoms with van der Waals surface area (Å²) in [6, 6.07) is 14.7. The van der Waals surface area contributed by atoms with Gasteiger partial charge in [-0.25, -0.2) is 19.7 Å². The van der Waals surface area contributed by atoms with Crippen LogP contribution in [0.5, 0.6) is 0 Å². The number of carboxylic acid groups (broad SMARTS) is 1. The first kappa shape index (κ1) is 27.1. The Bertz CT molecular complexity index is 1660. The van der Waals surface area contributed by atoms with Gasteiger partial charge in [0.15, 0.2) is 0 Å². The van der Waals surface area contributed by atoms with Crippen molar-refractivity contribution in [1.29, 1.82) is 0 Å². The molecule has 214 valence electrons. The third kappa shape index (κ3) is 5.72. The molecule has 2 atom stereocenters. The normalized spacial score (nSPS) is 17.7. The van der Waals surface area contributed by atoms with Crippen LogP contribution in [0.3, 0.4) is 0 Å². The fraction of sp³-hybridized carbons (Fsp3) is 0.207. The number of hydrogen-bond donors (Lipinski definition) is 4. The molecular weight excluding hydrogens is 551 g/mol. The summed E-state index contributed by atoms with van der Waals surface area (Å²) in [6.45, 7) is 1.71. The van der Waals surface area contributed by atoms with Gasteiger partial charge in [0.2, 0.25) is 0 Å². The molecule has 0 unspecified atom stereocenters. The number of benzene rings is 1. The Hall–Kier alpha value is -5.04. The molecule has 10 nitrogen and oxygen atoms in total. The van der Waals surface area contributed by atoms with Crippen molar-refractivity contribution in [1.82, 2.24) is 20.3 Å². The Balaban J connectivity index is 1.33. The van der Waals surface area contributed by atoms with Gasteiger partial charge in [-0.15, -0.1) is 0 Å². The first-order valence-corrected chi connectivity index (χ1v) is 13.1. The van der Waals surface area contributed by atoms with Gasteiger partial charge in [-0.2, -0.15) is 13.2 Å². The molecule has 0 aliphatic carbocycles. The molecule has 2 bridgehead atoms. The fourth-order valence-electron chi connectivity index (χ4n) is 5.16.